The topological polar surface area (TPSA) is 113 Å². The monoisotopic (exact) mass is 780 g/mol. The Morgan fingerprint density at radius 1 is 0.491 bits per heavy atom. The minimum Gasteiger partial charge on any atom is -0.385 e. The summed E-state index contributed by atoms with van der Waals surface area (Å²) >= 11 is 0. The third-order valence-electron chi connectivity index (χ3n) is 11.5. The van der Waals surface area contributed by atoms with Gasteiger partial charge in [-0.2, -0.15) is 0 Å². The van der Waals surface area contributed by atoms with Crippen LogP contribution >= 0.6 is 0 Å². The van der Waals surface area contributed by atoms with E-state index in [-0.39, 0.29) is 32.5 Å². The molecule has 1 saturated carbocycles. The number of rotatable bonds is 12. The summed E-state index contributed by atoms with van der Waals surface area (Å²) in [4.78, 5) is 0. The highest BCUT2D eigenvalue weighted by Crippen LogP contribution is 2.41. The highest BCUT2D eigenvalue weighted by molar-refractivity contribution is 5.19. The summed E-state index contributed by atoms with van der Waals surface area (Å²) in [7, 11) is 0. The predicted octanol–water partition coefficient (Wildman–Crippen LogP) is 6.93. The van der Waals surface area contributed by atoms with Gasteiger partial charge in [0.2, 0.25) is 0 Å². The Balaban J connectivity index is 1.02. The second-order valence-corrected chi connectivity index (χ2v) is 15.4. The number of hydrogen-bond donors (Lipinski definition) is 1. The maximum atomic E-state index is 12.3. The van der Waals surface area contributed by atoms with Crippen molar-refractivity contribution < 1.29 is 52.5 Å². The number of fused-ring (bicyclic) bond motifs is 2. The van der Waals surface area contributed by atoms with Crippen LogP contribution in [-0.4, -0.2) is 85.8 Å². The second kappa shape index (κ2) is 18.6. The van der Waals surface area contributed by atoms with Crippen LogP contribution in [0.4, 0.5) is 0 Å². The van der Waals surface area contributed by atoms with Crippen molar-refractivity contribution in [2.24, 2.45) is 0 Å². The number of benzene rings is 4. The lowest BCUT2D eigenvalue weighted by atomic mass is 9.94. The van der Waals surface area contributed by atoms with Crippen LogP contribution in [0.1, 0.15) is 66.9 Å². The molecular formula is C46H52O11. The van der Waals surface area contributed by atoms with Crippen LogP contribution in [0.2, 0.25) is 0 Å². The fourth-order valence-electron chi connectivity index (χ4n) is 8.49. The Morgan fingerprint density at radius 3 is 1.51 bits per heavy atom. The van der Waals surface area contributed by atoms with Gasteiger partial charge in [0.15, 0.2) is 25.2 Å². The molecule has 0 spiro atoms. The van der Waals surface area contributed by atoms with Gasteiger partial charge < -0.3 is 52.5 Å². The highest BCUT2D eigenvalue weighted by Gasteiger charge is 2.56. The smallest absolute Gasteiger partial charge is 0.187 e. The van der Waals surface area contributed by atoms with Crippen LogP contribution in [0.15, 0.2) is 121 Å². The van der Waals surface area contributed by atoms with E-state index in [2.05, 4.69) is 0 Å². The molecule has 4 aliphatic heterocycles. The molecular weight excluding hydrogens is 728 g/mol. The number of hydrogen-bond acceptors (Lipinski definition) is 11. The van der Waals surface area contributed by atoms with E-state index in [1.54, 1.807) is 0 Å². The number of aliphatic hydroxyl groups is 1. The Kier molecular flexibility index (Phi) is 12.7. The average Bonchev–Trinajstić information content (AvgIpc) is 3.27. The first-order valence-corrected chi connectivity index (χ1v) is 20.4. The molecule has 0 amide bonds. The Bertz CT molecular complexity index is 1800. The van der Waals surface area contributed by atoms with Gasteiger partial charge in [0.1, 0.15) is 48.8 Å². The number of aliphatic hydroxyl groups excluding tert-OH is 1. The third kappa shape index (κ3) is 9.20. The lowest BCUT2D eigenvalue weighted by molar-refractivity contribution is -0.413. The molecule has 57 heavy (non-hydrogen) atoms. The van der Waals surface area contributed by atoms with Crippen LogP contribution in [0.5, 0.6) is 0 Å². The molecule has 1 aliphatic carbocycles. The molecule has 4 saturated heterocycles. The summed E-state index contributed by atoms with van der Waals surface area (Å²) < 4.78 is 66.3. The van der Waals surface area contributed by atoms with Gasteiger partial charge in [-0.3, -0.25) is 0 Å². The molecule has 0 unspecified atom stereocenters. The average molecular weight is 781 g/mol. The summed E-state index contributed by atoms with van der Waals surface area (Å²) in [5, 5.41) is 12.3. The molecule has 4 heterocycles. The predicted molar refractivity (Wildman–Crippen MR) is 206 cm³/mol. The minimum atomic E-state index is -1.26. The lowest BCUT2D eigenvalue weighted by Crippen LogP contribution is -2.67. The molecule has 11 heteroatoms. The van der Waals surface area contributed by atoms with Crippen molar-refractivity contribution in [1.82, 2.24) is 0 Å². The molecule has 12 atom stereocenters. The summed E-state index contributed by atoms with van der Waals surface area (Å²) in [6.07, 6.45) is -4.25. The van der Waals surface area contributed by atoms with E-state index in [9.17, 15) is 5.11 Å². The van der Waals surface area contributed by atoms with Crippen LogP contribution in [0.25, 0.3) is 0 Å². The summed E-state index contributed by atoms with van der Waals surface area (Å²) in [5.41, 5.74) is 3.71. The second-order valence-electron chi connectivity index (χ2n) is 15.4. The van der Waals surface area contributed by atoms with Gasteiger partial charge in [0.05, 0.1) is 32.5 Å². The zero-order valence-corrected chi connectivity index (χ0v) is 31.9. The van der Waals surface area contributed by atoms with Gasteiger partial charge in [-0.05, 0) is 24.0 Å². The Hall–Kier alpha value is -3.56. The molecule has 0 bridgehead atoms. The fourth-order valence-corrected chi connectivity index (χ4v) is 8.49. The molecule has 0 aromatic heterocycles. The molecule has 0 radical (unpaired) electrons. The van der Waals surface area contributed by atoms with Gasteiger partial charge in [-0.15, -0.1) is 0 Å². The Morgan fingerprint density at radius 2 is 0.965 bits per heavy atom. The van der Waals surface area contributed by atoms with E-state index in [4.69, 9.17) is 47.4 Å². The molecule has 4 aromatic rings. The van der Waals surface area contributed by atoms with Crippen LogP contribution in [-0.2, 0) is 60.6 Å². The normalized spacial score (nSPS) is 34.5. The third-order valence-corrected chi connectivity index (χ3v) is 11.5. The van der Waals surface area contributed by atoms with Gasteiger partial charge in [0, 0.05) is 11.1 Å². The van der Waals surface area contributed by atoms with Crippen molar-refractivity contribution in [2.45, 2.75) is 125 Å². The first-order valence-electron chi connectivity index (χ1n) is 20.4. The number of ether oxygens (including phenoxy) is 10. The maximum Gasteiger partial charge on any atom is 0.187 e. The minimum absolute atomic E-state index is 0.0257. The molecule has 11 nitrogen and oxygen atoms in total. The molecule has 1 N–H and O–H groups in total. The Labute approximate surface area is 334 Å². The van der Waals surface area contributed by atoms with Crippen molar-refractivity contribution >= 4 is 0 Å². The van der Waals surface area contributed by atoms with E-state index in [0.29, 0.717) is 0 Å². The van der Waals surface area contributed by atoms with Crippen molar-refractivity contribution in [1.29, 1.82) is 0 Å². The van der Waals surface area contributed by atoms with E-state index < -0.39 is 74.0 Å². The molecule has 4 aromatic carbocycles. The maximum absolute atomic E-state index is 12.3. The van der Waals surface area contributed by atoms with Crippen molar-refractivity contribution in [3.8, 4) is 0 Å². The summed E-state index contributed by atoms with van der Waals surface area (Å²) in [5.74, 6) is 0. The lowest BCUT2D eigenvalue weighted by Gasteiger charge is -2.52. The van der Waals surface area contributed by atoms with Crippen molar-refractivity contribution in [3.05, 3.63) is 144 Å². The molecule has 5 fully saturated rings. The van der Waals surface area contributed by atoms with Gasteiger partial charge >= 0.3 is 0 Å². The van der Waals surface area contributed by atoms with Gasteiger partial charge in [-0.1, -0.05) is 141 Å². The van der Waals surface area contributed by atoms with E-state index in [0.717, 1.165) is 47.9 Å². The van der Waals surface area contributed by atoms with Gasteiger partial charge in [-0.25, -0.2) is 0 Å². The standard InChI is InChI=1S/C46H52O11/c47-37-40(48-26-30-16-6-1-7-17-30)38-35(28-50-43(55-38)32-20-10-3-11-21-32)53-45(37)57-42-41(49-27-31-18-8-2-9-19-31)39-36(54-46(42)52-34-24-14-5-15-25-34)29-51-44(56-39)33-22-12-4-13-23-33/h1-4,6-13,16-23,34-47H,5,14-15,24-29H2/t35-,36-,37+,38-,39-,40-,41+,42+,43-,44-,45+,46+/m1/s1. The van der Waals surface area contributed by atoms with E-state index in [1.165, 1.54) is 6.42 Å². The summed E-state index contributed by atoms with van der Waals surface area (Å²) in [6, 6.07) is 39.4. The highest BCUT2D eigenvalue weighted by atomic mass is 16.8. The first-order chi connectivity index (χ1) is 28.2. The fraction of sp³-hybridized carbons (Fsp3) is 0.478. The van der Waals surface area contributed by atoms with Crippen LogP contribution in [0, 0.1) is 0 Å². The van der Waals surface area contributed by atoms with Crippen LogP contribution < -0.4 is 0 Å². The molecule has 5 aliphatic rings. The van der Waals surface area contributed by atoms with E-state index >= 15 is 0 Å². The quantitative estimate of drug-likeness (QED) is 0.162. The SMILES string of the molecule is O[C@@H]1[C@H](O[C@@H]2[C@@H](OC3CCCCC3)O[C@@H]3CO[C@@H](c4ccccc4)O[C@H]3[C@@H]2OCc2ccccc2)O[C@@H]2CO[C@@H](c3ccccc3)O[C@H]2[C@@H]1OCc1ccccc1. The zero-order chi connectivity index (χ0) is 38.4. The van der Waals surface area contributed by atoms with Crippen molar-refractivity contribution in [2.75, 3.05) is 13.2 Å². The van der Waals surface area contributed by atoms with Gasteiger partial charge in [0.25, 0.3) is 0 Å². The molecule has 302 valence electrons. The first kappa shape index (κ1) is 38.9. The van der Waals surface area contributed by atoms with Crippen molar-refractivity contribution in [3.63, 3.8) is 0 Å². The summed E-state index contributed by atoms with van der Waals surface area (Å²) in [6.45, 7) is 1.00. The zero-order valence-electron chi connectivity index (χ0n) is 31.9. The molecule has 9 rings (SSSR count). The van der Waals surface area contributed by atoms with Crippen LogP contribution in [0.3, 0.4) is 0 Å². The van der Waals surface area contributed by atoms with E-state index in [1.807, 2.05) is 121 Å². The largest absolute Gasteiger partial charge is 0.385 e.